The lowest BCUT2D eigenvalue weighted by Gasteiger charge is -2.45. The van der Waals surface area contributed by atoms with Crippen LogP contribution in [0.5, 0.6) is 0 Å². The molecule has 2 saturated heterocycles. The zero-order valence-electron chi connectivity index (χ0n) is 26.2. The molecule has 3 atom stereocenters. The van der Waals surface area contributed by atoms with Gasteiger partial charge >= 0.3 is 0 Å². The number of nitrogens with one attached hydrogen (secondary N) is 1. The molecule has 0 bridgehead atoms. The molecule has 2 heterocycles. The average molecular weight is 588 g/mol. The van der Waals surface area contributed by atoms with E-state index in [1.54, 1.807) is 24.0 Å². The summed E-state index contributed by atoms with van der Waals surface area (Å²) in [6, 6.07) is 12.8. The first-order valence-electron chi connectivity index (χ1n) is 15.7. The molecule has 230 valence electrons. The van der Waals surface area contributed by atoms with Crippen molar-refractivity contribution in [3.05, 3.63) is 88.9 Å². The van der Waals surface area contributed by atoms with Gasteiger partial charge < -0.3 is 19.9 Å². The van der Waals surface area contributed by atoms with E-state index in [9.17, 15) is 9.59 Å². The second kappa shape index (κ2) is 13.0. The highest BCUT2D eigenvalue weighted by Crippen LogP contribution is 2.37. The monoisotopic (exact) mass is 587 g/mol. The van der Waals surface area contributed by atoms with Gasteiger partial charge in [-0.3, -0.25) is 9.59 Å². The smallest absolute Gasteiger partial charge is 0.257 e. The van der Waals surface area contributed by atoms with Gasteiger partial charge in [0.25, 0.3) is 5.91 Å². The number of halogens is 1. The van der Waals surface area contributed by atoms with E-state index in [4.69, 9.17) is 4.74 Å². The van der Waals surface area contributed by atoms with E-state index in [0.717, 1.165) is 43.0 Å². The molecule has 0 aromatic heterocycles. The van der Waals surface area contributed by atoms with Crippen molar-refractivity contribution in [1.29, 1.82) is 0 Å². The number of hydrogen-bond donors (Lipinski definition) is 1. The van der Waals surface area contributed by atoms with Crippen LogP contribution in [-0.4, -0.2) is 60.5 Å². The first kappa shape index (κ1) is 31.0. The second-order valence-corrected chi connectivity index (χ2v) is 13.3. The summed E-state index contributed by atoms with van der Waals surface area (Å²) in [7, 11) is 2.13. The summed E-state index contributed by atoms with van der Waals surface area (Å²) in [5, 5.41) is 3.17. The van der Waals surface area contributed by atoms with Crippen LogP contribution in [0.4, 0.5) is 10.1 Å². The van der Waals surface area contributed by atoms with Gasteiger partial charge in [0.05, 0.1) is 17.5 Å². The van der Waals surface area contributed by atoms with Crippen molar-refractivity contribution >= 4 is 17.5 Å². The van der Waals surface area contributed by atoms with E-state index in [2.05, 4.69) is 62.3 Å². The number of anilines is 1. The van der Waals surface area contributed by atoms with Gasteiger partial charge in [-0.05, 0) is 79.8 Å². The van der Waals surface area contributed by atoms with Crippen molar-refractivity contribution in [2.75, 3.05) is 32.1 Å². The van der Waals surface area contributed by atoms with Gasteiger partial charge in [-0.2, -0.15) is 0 Å². The molecule has 2 amide bonds. The van der Waals surface area contributed by atoms with Crippen molar-refractivity contribution in [2.24, 2.45) is 11.8 Å². The maximum Gasteiger partial charge on any atom is 0.257 e. The van der Waals surface area contributed by atoms with Gasteiger partial charge in [-0.15, -0.1) is 0 Å². The van der Waals surface area contributed by atoms with E-state index in [0.29, 0.717) is 37.4 Å². The fraction of sp³-hybridized carbons (Fsp3) is 0.500. The summed E-state index contributed by atoms with van der Waals surface area (Å²) in [5.74, 6) is -1.45. The van der Waals surface area contributed by atoms with E-state index < -0.39 is 17.8 Å². The molecule has 0 radical (unpaired) electrons. The Labute approximate surface area is 256 Å². The number of amides is 2. The number of piperidine rings is 1. The maximum absolute atomic E-state index is 15.1. The van der Waals surface area contributed by atoms with Crippen molar-refractivity contribution in [3.8, 4) is 0 Å². The Kier molecular flexibility index (Phi) is 9.40. The van der Waals surface area contributed by atoms with Crippen LogP contribution < -0.4 is 5.32 Å². The van der Waals surface area contributed by atoms with Crippen molar-refractivity contribution in [3.63, 3.8) is 0 Å². The molecule has 1 aliphatic carbocycles. The number of nitrogens with zero attached hydrogens (tertiary/aromatic N) is 2. The summed E-state index contributed by atoms with van der Waals surface area (Å²) in [4.78, 5) is 32.2. The first-order chi connectivity index (χ1) is 20.5. The lowest BCUT2D eigenvalue weighted by molar-refractivity contribution is -0.123. The molecule has 5 rings (SSSR count). The third-order valence-electron chi connectivity index (χ3n) is 9.41. The Balaban J connectivity index is 1.43. The van der Waals surface area contributed by atoms with Crippen LogP contribution in [0, 0.1) is 24.6 Å². The van der Waals surface area contributed by atoms with Crippen LogP contribution in [0.3, 0.4) is 0 Å². The number of carbonyl (C=O) groups is 2. The molecule has 3 aliphatic rings. The van der Waals surface area contributed by atoms with E-state index in [-0.39, 0.29) is 28.7 Å². The highest BCUT2D eigenvalue weighted by atomic mass is 19.1. The maximum atomic E-state index is 15.1. The number of rotatable bonds is 6. The number of hydrogen-bond acceptors (Lipinski definition) is 4. The Morgan fingerprint density at radius 3 is 2.49 bits per heavy atom. The van der Waals surface area contributed by atoms with Crippen LogP contribution in [0.25, 0.3) is 0 Å². The van der Waals surface area contributed by atoms with Crippen LogP contribution in [0.15, 0.2) is 66.4 Å². The fourth-order valence-corrected chi connectivity index (χ4v) is 6.84. The second-order valence-electron chi connectivity index (χ2n) is 13.3. The minimum atomic E-state index is -0.520. The minimum absolute atomic E-state index is 0.0519. The molecule has 6 nitrogen and oxygen atoms in total. The molecule has 2 unspecified atom stereocenters. The number of benzene rings is 2. The number of aryl methyl sites for hydroxylation is 1. The standard InChI is InChI=1S/C36H46FN3O3/c1-24-9-6-13-31(37)32(24)35(42)40-20-8-12-30(34(41)38-27-11-7-10-26(23-27)36(2,3)4)33(40)25-14-16-28(17-15-25)39(5)29-18-21-43-22-19-29/h6-7,9-11,13-14,16-17,23,25,29-30,33H,8,12,15,18-22H2,1-5H3,(H,38,41)/t25-,30?,33?/m1/s1. The van der Waals surface area contributed by atoms with Crippen molar-refractivity contribution < 1.29 is 18.7 Å². The molecule has 2 aliphatic heterocycles. The quantitative estimate of drug-likeness (QED) is 0.401. The molecule has 2 aromatic rings. The lowest BCUT2D eigenvalue weighted by atomic mass is 9.77. The molecule has 43 heavy (non-hydrogen) atoms. The van der Waals surface area contributed by atoms with Crippen LogP contribution in [0.1, 0.15) is 74.4 Å². The first-order valence-corrected chi connectivity index (χ1v) is 15.7. The topological polar surface area (TPSA) is 61.9 Å². The number of ether oxygens (including phenoxy) is 1. The Hall–Kier alpha value is -3.45. The van der Waals surface area contributed by atoms with Gasteiger partial charge in [-0.25, -0.2) is 4.39 Å². The fourth-order valence-electron chi connectivity index (χ4n) is 6.84. The van der Waals surface area contributed by atoms with Gasteiger partial charge in [0.1, 0.15) is 5.82 Å². The summed E-state index contributed by atoms with van der Waals surface area (Å²) in [6.45, 7) is 10.3. The normalized spacial score (nSPS) is 23.1. The molecule has 0 spiro atoms. The Bertz CT molecular complexity index is 1370. The lowest BCUT2D eigenvalue weighted by Crippen LogP contribution is -2.55. The van der Waals surface area contributed by atoms with E-state index in [1.165, 1.54) is 6.07 Å². The predicted octanol–water partition coefficient (Wildman–Crippen LogP) is 6.86. The van der Waals surface area contributed by atoms with Crippen LogP contribution in [-0.2, 0) is 14.9 Å². The zero-order valence-corrected chi connectivity index (χ0v) is 26.2. The summed E-state index contributed by atoms with van der Waals surface area (Å²) in [6.07, 6.45) is 10.6. The molecule has 1 N–H and O–H groups in total. The predicted molar refractivity (Wildman–Crippen MR) is 169 cm³/mol. The Morgan fingerprint density at radius 2 is 1.81 bits per heavy atom. The van der Waals surface area contributed by atoms with Gasteiger partial charge in [0.2, 0.25) is 5.91 Å². The van der Waals surface area contributed by atoms with Crippen LogP contribution >= 0.6 is 0 Å². The molecule has 0 saturated carbocycles. The van der Waals surface area contributed by atoms with E-state index >= 15 is 4.39 Å². The van der Waals surface area contributed by atoms with Gasteiger partial charge in [-0.1, -0.05) is 57.2 Å². The summed E-state index contributed by atoms with van der Waals surface area (Å²) in [5.41, 5.74) is 3.70. The van der Waals surface area contributed by atoms with Crippen LogP contribution in [0.2, 0.25) is 0 Å². The number of allylic oxidation sites excluding steroid dienone is 2. The molecule has 7 heteroatoms. The highest BCUT2D eigenvalue weighted by Gasteiger charge is 2.43. The van der Waals surface area contributed by atoms with Crippen molar-refractivity contribution in [1.82, 2.24) is 9.80 Å². The largest absolute Gasteiger partial charge is 0.381 e. The zero-order chi connectivity index (χ0) is 30.7. The van der Waals surface area contributed by atoms with Gasteiger partial charge in [0.15, 0.2) is 0 Å². The number of likely N-dealkylation sites (N-methyl/N-ethyl adjacent to an activating group) is 1. The Morgan fingerprint density at radius 1 is 1.07 bits per heavy atom. The molecule has 2 fully saturated rings. The minimum Gasteiger partial charge on any atom is -0.381 e. The molecular weight excluding hydrogens is 541 g/mol. The number of likely N-dealkylation sites (tertiary alicyclic amines) is 1. The SMILES string of the molecule is Cc1cccc(F)c1C(=O)N1CCCC(C(=O)Nc2cccc(C(C)(C)C)c2)C1[C@@H]1C=CC(N(C)C2CCOCC2)=CC1. The highest BCUT2D eigenvalue weighted by molar-refractivity contribution is 5.98. The third kappa shape index (κ3) is 6.87. The molecule has 2 aromatic carbocycles. The van der Waals surface area contributed by atoms with Crippen molar-refractivity contribution in [2.45, 2.75) is 77.3 Å². The average Bonchev–Trinajstić information content (AvgIpc) is 3.00. The van der Waals surface area contributed by atoms with E-state index in [1.807, 2.05) is 18.2 Å². The van der Waals surface area contributed by atoms with Gasteiger partial charge in [0, 0.05) is 50.2 Å². The number of carbonyl (C=O) groups excluding carboxylic acids is 2. The summed E-state index contributed by atoms with van der Waals surface area (Å²) < 4.78 is 20.6. The summed E-state index contributed by atoms with van der Waals surface area (Å²) >= 11 is 0. The third-order valence-corrected chi connectivity index (χ3v) is 9.41. The molecular formula is C36H46FN3O3.